The van der Waals surface area contributed by atoms with Crippen LogP contribution < -0.4 is 5.73 Å². The van der Waals surface area contributed by atoms with Gasteiger partial charge in [0, 0.05) is 0 Å². The van der Waals surface area contributed by atoms with E-state index >= 15 is 0 Å². The van der Waals surface area contributed by atoms with Crippen LogP contribution in [0.25, 0.3) is 0 Å². The Hall–Kier alpha value is -1.42. The van der Waals surface area contributed by atoms with Gasteiger partial charge in [0.1, 0.15) is 11.9 Å². The molecule has 0 saturated carbocycles. The Morgan fingerprint density at radius 1 is 1.62 bits per heavy atom. The number of carboxylic acids is 1. The summed E-state index contributed by atoms with van der Waals surface area (Å²) < 4.78 is 13.0. The average Bonchev–Trinajstić information content (AvgIpc) is 2.08. The van der Waals surface area contributed by atoms with E-state index in [1.54, 1.807) is 0 Å². The Morgan fingerprint density at radius 2 is 2.23 bits per heavy atom. The molecule has 0 spiro atoms. The van der Waals surface area contributed by atoms with Crippen LogP contribution in [0.1, 0.15) is 17.2 Å². The maximum Gasteiger partial charge on any atom is 0.325 e. The lowest BCUT2D eigenvalue weighted by Crippen LogP contribution is -2.21. The van der Waals surface area contributed by atoms with Gasteiger partial charge < -0.3 is 10.8 Å². The summed E-state index contributed by atoms with van der Waals surface area (Å²) >= 11 is 0. The van der Waals surface area contributed by atoms with Crippen LogP contribution in [0.5, 0.6) is 0 Å². The van der Waals surface area contributed by atoms with Crippen molar-refractivity contribution in [3.63, 3.8) is 0 Å². The SMILES string of the molecule is Cc1c(F)cccc1[C@@H](N)C(=O)O. The highest BCUT2D eigenvalue weighted by atomic mass is 19.1. The fourth-order valence-corrected chi connectivity index (χ4v) is 1.09. The minimum absolute atomic E-state index is 0.289. The van der Waals surface area contributed by atoms with E-state index in [0.717, 1.165) is 0 Å². The lowest BCUT2D eigenvalue weighted by molar-refractivity contribution is -0.138. The number of halogens is 1. The zero-order chi connectivity index (χ0) is 10.0. The van der Waals surface area contributed by atoms with E-state index in [0.29, 0.717) is 5.56 Å². The van der Waals surface area contributed by atoms with E-state index in [-0.39, 0.29) is 5.56 Å². The number of benzene rings is 1. The Morgan fingerprint density at radius 3 is 2.77 bits per heavy atom. The largest absolute Gasteiger partial charge is 0.480 e. The van der Waals surface area contributed by atoms with Crippen molar-refractivity contribution < 1.29 is 14.3 Å². The molecule has 0 aromatic heterocycles. The van der Waals surface area contributed by atoms with Gasteiger partial charge in [-0.05, 0) is 24.1 Å². The highest BCUT2D eigenvalue weighted by Gasteiger charge is 2.17. The number of aliphatic carboxylic acids is 1. The summed E-state index contributed by atoms with van der Waals surface area (Å²) in [5, 5.41) is 8.60. The zero-order valence-electron chi connectivity index (χ0n) is 7.12. The third kappa shape index (κ3) is 1.84. The maximum absolute atomic E-state index is 13.0. The third-order valence-corrected chi connectivity index (χ3v) is 1.91. The molecular formula is C9H10FNO2. The number of hydrogen-bond donors (Lipinski definition) is 2. The molecule has 0 unspecified atom stereocenters. The topological polar surface area (TPSA) is 63.3 Å². The van der Waals surface area contributed by atoms with Crippen molar-refractivity contribution in [3.05, 3.63) is 35.1 Å². The highest BCUT2D eigenvalue weighted by molar-refractivity contribution is 5.75. The molecule has 0 fully saturated rings. The summed E-state index contributed by atoms with van der Waals surface area (Å²) in [5.74, 6) is -1.59. The summed E-state index contributed by atoms with van der Waals surface area (Å²) in [6, 6.07) is 3.07. The van der Waals surface area contributed by atoms with Crippen molar-refractivity contribution in [2.45, 2.75) is 13.0 Å². The van der Waals surface area contributed by atoms with E-state index in [2.05, 4.69) is 0 Å². The van der Waals surface area contributed by atoms with Crippen LogP contribution in [0.4, 0.5) is 4.39 Å². The molecule has 3 N–H and O–H groups in total. The quantitative estimate of drug-likeness (QED) is 0.724. The first kappa shape index (κ1) is 9.67. The summed E-state index contributed by atoms with van der Waals surface area (Å²) in [5.41, 5.74) is 5.94. The van der Waals surface area contributed by atoms with Crippen LogP contribution in [0.15, 0.2) is 18.2 Å². The highest BCUT2D eigenvalue weighted by Crippen LogP contribution is 2.18. The predicted octanol–water partition coefficient (Wildman–Crippen LogP) is 1.22. The fourth-order valence-electron chi connectivity index (χ4n) is 1.09. The van der Waals surface area contributed by atoms with Crippen molar-refractivity contribution in [3.8, 4) is 0 Å². The zero-order valence-corrected chi connectivity index (χ0v) is 7.12. The molecule has 1 aromatic carbocycles. The lowest BCUT2D eigenvalue weighted by Gasteiger charge is -2.10. The fraction of sp³-hybridized carbons (Fsp3) is 0.222. The van der Waals surface area contributed by atoms with Crippen LogP contribution >= 0.6 is 0 Å². The van der Waals surface area contributed by atoms with Gasteiger partial charge in [0.15, 0.2) is 0 Å². The molecule has 13 heavy (non-hydrogen) atoms. The Bertz CT molecular complexity index is 338. The molecule has 0 aliphatic heterocycles. The third-order valence-electron chi connectivity index (χ3n) is 1.91. The second-order valence-corrected chi connectivity index (χ2v) is 2.77. The standard InChI is InChI=1S/C9H10FNO2/c1-5-6(8(11)9(12)13)3-2-4-7(5)10/h2-4,8H,11H2,1H3,(H,12,13)/t8-/m1/s1. The number of carboxylic acid groups (broad SMARTS) is 1. The van der Waals surface area contributed by atoms with Gasteiger partial charge >= 0.3 is 5.97 Å². The van der Waals surface area contributed by atoms with Crippen molar-refractivity contribution in [2.24, 2.45) is 5.73 Å². The average molecular weight is 183 g/mol. The molecule has 0 bridgehead atoms. The van der Waals surface area contributed by atoms with E-state index < -0.39 is 17.8 Å². The summed E-state index contributed by atoms with van der Waals surface area (Å²) in [6.45, 7) is 1.51. The number of rotatable bonds is 2. The van der Waals surface area contributed by atoms with Crippen molar-refractivity contribution >= 4 is 5.97 Å². The van der Waals surface area contributed by atoms with Crippen molar-refractivity contribution in [1.29, 1.82) is 0 Å². The first-order valence-corrected chi connectivity index (χ1v) is 3.77. The van der Waals surface area contributed by atoms with E-state index in [4.69, 9.17) is 10.8 Å². The molecule has 4 heteroatoms. The molecule has 0 aliphatic rings. The molecule has 0 aliphatic carbocycles. The van der Waals surface area contributed by atoms with E-state index in [9.17, 15) is 9.18 Å². The van der Waals surface area contributed by atoms with Crippen LogP contribution in [0, 0.1) is 12.7 Å². The lowest BCUT2D eigenvalue weighted by atomic mass is 10.0. The Labute approximate surface area is 75.0 Å². The second kappa shape index (κ2) is 3.53. The molecule has 0 radical (unpaired) electrons. The first-order valence-electron chi connectivity index (χ1n) is 3.77. The van der Waals surface area contributed by atoms with E-state index in [1.165, 1.54) is 25.1 Å². The van der Waals surface area contributed by atoms with Gasteiger partial charge in [-0.2, -0.15) is 0 Å². The van der Waals surface area contributed by atoms with E-state index in [1.807, 2.05) is 0 Å². The monoisotopic (exact) mass is 183 g/mol. The Kier molecular flexibility index (Phi) is 2.63. The van der Waals surface area contributed by atoms with Crippen molar-refractivity contribution in [1.82, 2.24) is 0 Å². The molecule has 1 aromatic rings. The summed E-state index contributed by atoms with van der Waals surface area (Å²) in [7, 11) is 0. The van der Waals surface area contributed by atoms with Crippen molar-refractivity contribution in [2.75, 3.05) is 0 Å². The predicted molar refractivity (Wildman–Crippen MR) is 45.7 cm³/mol. The number of hydrogen-bond acceptors (Lipinski definition) is 2. The molecule has 70 valence electrons. The summed E-state index contributed by atoms with van der Waals surface area (Å²) in [4.78, 5) is 10.5. The normalized spacial score (nSPS) is 12.5. The first-order chi connectivity index (χ1) is 6.04. The molecular weight excluding hydrogens is 173 g/mol. The van der Waals surface area contributed by atoms with Gasteiger partial charge in [0.2, 0.25) is 0 Å². The molecule has 1 rings (SSSR count). The van der Waals surface area contributed by atoms with Crippen LogP contribution in [-0.4, -0.2) is 11.1 Å². The number of nitrogens with two attached hydrogens (primary N) is 1. The number of carbonyl (C=O) groups is 1. The Balaban J connectivity index is 3.15. The molecule has 0 saturated heterocycles. The summed E-state index contributed by atoms with van der Waals surface area (Å²) in [6.07, 6.45) is 0. The van der Waals surface area contributed by atoms with Gasteiger partial charge in [-0.15, -0.1) is 0 Å². The minimum Gasteiger partial charge on any atom is -0.480 e. The van der Waals surface area contributed by atoms with Gasteiger partial charge in [-0.3, -0.25) is 4.79 Å². The van der Waals surface area contributed by atoms with Crippen LogP contribution in [0.2, 0.25) is 0 Å². The smallest absolute Gasteiger partial charge is 0.325 e. The molecule has 3 nitrogen and oxygen atoms in total. The molecule has 0 amide bonds. The molecule has 0 heterocycles. The van der Waals surface area contributed by atoms with Crippen LogP contribution in [-0.2, 0) is 4.79 Å². The van der Waals surface area contributed by atoms with Gasteiger partial charge in [0.05, 0.1) is 0 Å². The second-order valence-electron chi connectivity index (χ2n) is 2.77. The molecule has 1 atom stereocenters. The minimum atomic E-state index is -1.16. The van der Waals surface area contributed by atoms with Crippen LogP contribution in [0.3, 0.4) is 0 Å². The van der Waals surface area contributed by atoms with Gasteiger partial charge in [-0.1, -0.05) is 12.1 Å². The van der Waals surface area contributed by atoms with Gasteiger partial charge in [0.25, 0.3) is 0 Å². The van der Waals surface area contributed by atoms with Gasteiger partial charge in [-0.25, -0.2) is 4.39 Å². The maximum atomic E-state index is 13.0.